The van der Waals surface area contributed by atoms with Crippen LogP contribution in [0, 0.1) is 0 Å². The molecule has 1 fully saturated rings. The molecule has 1 atom stereocenters. The van der Waals surface area contributed by atoms with Crippen molar-refractivity contribution < 1.29 is 9.53 Å². The van der Waals surface area contributed by atoms with Crippen molar-refractivity contribution in [3.05, 3.63) is 36.4 Å². The smallest absolute Gasteiger partial charge is 0.222 e. The molecule has 0 saturated carbocycles. The number of nitrogens with zero attached hydrogens (tertiary/aromatic N) is 2. The molecule has 1 amide bonds. The van der Waals surface area contributed by atoms with E-state index >= 15 is 0 Å². The van der Waals surface area contributed by atoms with Gasteiger partial charge in [0.15, 0.2) is 0 Å². The van der Waals surface area contributed by atoms with Gasteiger partial charge in [0.2, 0.25) is 11.8 Å². The van der Waals surface area contributed by atoms with Crippen LogP contribution in [-0.4, -0.2) is 40.9 Å². The van der Waals surface area contributed by atoms with E-state index in [2.05, 4.69) is 4.98 Å². The number of likely N-dealkylation sites (tertiary alicyclic amines) is 1. The number of ether oxygens (including phenoxy) is 1. The van der Waals surface area contributed by atoms with E-state index in [1.807, 2.05) is 41.3 Å². The fourth-order valence-electron chi connectivity index (χ4n) is 2.71. The van der Waals surface area contributed by atoms with Crippen LogP contribution in [0.25, 0.3) is 10.9 Å². The summed E-state index contributed by atoms with van der Waals surface area (Å²) in [4.78, 5) is 18.3. The number of fused-ring (bicyclic) bond motifs is 1. The van der Waals surface area contributed by atoms with Crippen LogP contribution in [0.15, 0.2) is 36.4 Å². The molecule has 1 unspecified atom stereocenters. The standard InChI is InChI=1S/C17H19ClN2O2/c18-10-3-6-17(21)20-11-9-14(12-20)22-16-8-7-13-4-1-2-5-15(13)19-16/h1-2,4-5,7-8,14H,3,6,9-12H2. The lowest BCUT2D eigenvalue weighted by molar-refractivity contribution is -0.130. The van der Waals surface area contributed by atoms with Gasteiger partial charge in [-0.25, -0.2) is 4.98 Å². The maximum absolute atomic E-state index is 12.0. The van der Waals surface area contributed by atoms with Crippen LogP contribution in [0.5, 0.6) is 5.88 Å². The van der Waals surface area contributed by atoms with E-state index in [4.69, 9.17) is 16.3 Å². The molecule has 2 aromatic rings. The van der Waals surface area contributed by atoms with Crippen LogP contribution < -0.4 is 4.74 Å². The first kappa shape index (κ1) is 15.1. The van der Waals surface area contributed by atoms with Crippen molar-refractivity contribution in [1.82, 2.24) is 9.88 Å². The topological polar surface area (TPSA) is 42.4 Å². The Hall–Kier alpha value is -1.81. The second-order valence-electron chi connectivity index (χ2n) is 5.50. The monoisotopic (exact) mass is 318 g/mol. The summed E-state index contributed by atoms with van der Waals surface area (Å²) in [6.07, 6.45) is 2.12. The molecule has 1 aliphatic rings. The Bertz CT molecular complexity index is 662. The Balaban J connectivity index is 1.60. The quantitative estimate of drug-likeness (QED) is 0.795. The molecule has 3 rings (SSSR count). The van der Waals surface area contributed by atoms with Gasteiger partial charge >= 0.3 is 0 Å². The predicted octanol–water partition coefficient (Wildman–Crippen LogP) is 3.23. The largest absolute Gasteiger partial charge is 0.472 e. The first-order valence-electron chi connectivity index (χ1n) is 7.62. The van der Waals surface area contributed by atoms with E-state index in [9.17, 15) is 4.79 Å². The highest BCUT2D eigenvalue weighted by Gasteiger charge is 2.27. The third kappa shape index (κ3) is 3.50. The van der Waals surface area contributed by atoms with Crippen molar-refractivity contribution in [2.24, 2.45) is 0 Å². The number of pyridine rings is 1. The van der Waals surface area contributed by atoms with Gasteiger partial charge < -0.3 is 9.64 Å². The molecule has 1 aromatic heterocycles. The van der Waals surface area contributed by atoms with Crippen LogP contribution in [0.2, 0.25) is 0 Å². The van der Waals surface area contributed by atoms with E-state index in [1.165, 1.54) is 0 Å². The normalized spacial score (nSPS) is 17.9. The van der Waals surface area contributed by atoms with Crippen molar-refractivity contribution in [3.8, 4) is 5.88 Å². The Morgan fingerprint density at radius 1 is 1.32 bits per heavy atom. The number of aromatic nitrogens is 1. The Labute approximate surface area is 135 Å². The highest BCUT2D eigenvalue weighted by molar-refractivity contribution is 6.17. The molecule has 1 aromatic carbocycles. The third-order valence-corrected chi connectivity index (χ3v) is 4.15. The molecule has 116 valence electrons. The van der Waals surface area contributed by atoms with E-state index in [1.54, 1.807) is 0 Å². The molecule has 0 bridgehead atoms. The first-order valence-corrected chi connectivity index (χ1v) is 8.16. The number of para-hydroxylation sites is 1. The lowest BCUT2D eigenvalue weighted by atomic mass is 10.2. The number of amides is 1. The summed E-state index contributed by atoms with van der Waals surface area (Å²) >= 11 is 5.63. The average molecular weight is 319 g/mol. The molecule has 1 saturated heterocycles. The number of hydrogen-bond acceptors (Lipinski definition) is 3. The van der Waals surface area contributed by atoms with Gasteiger partial charge in [-0.05, 0) is 18.6 Å². The molecule has 2 heterocycles. The van der Waals surface area contributed by atoms with Gasteiger partial charge in [0.25, 0.3) is 0 Å². The van der Waals surface area contributed by atoms with Gasteiger partial charge in [-0.15, -0.1) is 11.6 Å². The number of rotatable bonds is 5. The van der Waals surface area contributed by atoms with Crippen molar-refractivity contribution in [1.29, 1.82) is 0 Å². The summed E-state index contributed by atoms with van der Waals surface area (Å²) in [7, 11) is 0. The van der Waals surface area contributed by atoms with E-state index < -0.39 is 0 Å². The number of halogens is 1. The zero-order valence-electron chi connectivity index (χ0n) is 12.4. The molecule has 1 aliphatic heterocycles. The van der Waals surface area contributed by atoms with Gasteiger partial charge in [-0.2, -0.15) is 0 Å². The fourth-order valence-corrected chi connectivity index (χ4v) is 2.84. The SMILES string of the molecule is O=C(CCCCl)N1CCC(Oc2ccc3ccccc3n2)C1. The molecule has 0 aliphatic carbocycles. The number of carbonyl (C=O) groups excluding carboxylic acids is 1. The Morgan fingerprint density at radius 3 is 3.05 bits per heavy atom. The lowest BCUT2D eigenvalue weighted by Gasteiger charge is -2.17. The van der Waals surface area contributed by atoms with Crippen molar-refractivity contribution >= 4 is 28.4 Å². The number of hydrogen-bond donors (Lipinski definition) is 0. The minimum Gasteiger partial charge on any atom is -0.472 e. The molecule has 4 nitrogen and oxygen atoms in total. The van der Waals surface area contributed by atoms with E-state index in [-0.39, 0.29) is 12.0 Å². The van der Waals surface area contributed by atoms with Crippen LogP contribution in [0.1, 0.15) is 19.3 Å². The third-order valence-electron chi connectivity index (χ3n) is 3.88. The first-order chi connectivity index (χ1) is 10.8. The summed E-state index contributed by atoms with van der Waals surface area (Å²) in [5.41, 5.74) is 0.924. The zero-order chi connectivity index (χ0) is 15.4. The van der Waals surface area contributed by atoms with Gasteiger partial charge in [0.1, 0.15) is 6.10 Å². The molecule has 0 spiro atoms. The van der Waals surface area contributed by atoms with Crippen molar-refractivity contribution in [2.45, 2.75) is 25.4 Å². The maximum atomic E-state index is 12.0. The number of carbonyl (C=O) groups is 1. The zero-order valence-corrected chi connectivity index (χ0v) is 13.1. The predicted molar refractivity (Wildman–Crippen MR) is 87.3 cm³/mol. The van der Waals surface area contributed by atoms with Crippen LogP contribution in [0.4, 0.5) is 0 Å². The molecule has 22 heavy (non-hydrogen) atoms. The minimum absolute atomic E-state index is 0.0219. The highest BCUT2D eigenvalue weighted by Crippen LogP contribution is 2.20. The van der Waals surface area contributed by atoms with Gasteiger partial charge in [0.05, 0.1) is 12.1 Å². The summed E-state index contributed by atoms with van der Waals surface area (Å²) < 4.78 is 5.94. The Morgan fingerprint density at radius 2 is 2.18 bits per heavy atom. The lowest BCUT2D eigenvalue weighted by Crippen LogP contribution is -2.30. The van der Waals surface area contributed by atoms with Crippen LogP contribution in [-0.2, 0) is 4.79 Å². The average Bonchev–Trinajstić information content (AvgIpc) is 3.01. The van der Waals surface area contributed by atoms with E-state index in [0.717, 1.165) is 30.3 Å². The second-order valence-corrected chi connectivity index (χ2v) is 5.88. The number of benzene rings is 1. The summed E-state index contributed by atoms with van der Waals surface area (Å²) in [6, 6.07) is 11.9. The molecular weight excluding hydrogens is 300 g/mol. The second kappa shape index (κ2) is 6.97. The molecule has 0 radical (unpaired) electrons. The summed E-state index contributed by atoms with van der Waals surface area (Å²) in [6.45, 7) is 1.38. The minimum atomic E-state index is 0.0219. The van der Waals surface area contributed by atoms with Crippen molar-refractivity contribution in [2.75, 3.05) is 19.0 Å². The summed E-state index contributed by atoms with van der Waals surface area (Å²) in [5, 5.41) is 1.10. The van der Waals surface area contributed by atoms with Gasteiger partial charge in [0, 0.05) is 36.7 Å². The molecular formula is C17H19ClN2O2. The van der Waals surface area contributed by atoms with E-state index in [0.29, 0.717) is 24.7 Å². The van der Waals surface area contributed by atoms with Crippen LogP contribution >= 0.6 is 11.6 Å². The highest BCUT2D eigenvalue weighted by atomic mass is 35.5. The molecule has 0 N–H and O–H groups in total. The van der Waals surface area contributed by atoms with Crippen LogP contribution in [0.3, 0.4) is 0 Å². The fraction of sp³-hybridized carbons (Fsp3) is 0.412. The van der Waals surface area contributed by atoms with Gasteiger partial charge in [-0.1, -0.05) is 18.2 Å². The summed E-state index contributed by atoms with van der Waals surface area (Å²) in [5.74, 6) is 1.32. The molecule has 5 heteroatoms. The van der Waals surface area contributed by atoms with Gasteiger partial charge in [-0.3, -0.25) is 4.79 Å². The van der Waals surface area contributed by atoms with Crippen molar-refractivity contribution in [3.63, 3.8) is 0 Å². The Kier molecular flexibility index (Phi) is 4.78. The number of alkyl halides is 1. The maximum Gasteiger partial charge on any atom is 0.222 e.